The molecule has 1 saturated heterocycles. The molecule has 1 atom stereocenters. The summed E-state index contributed by atoms with van der Waals surface area (Å²) in [6, 6.07) is 8.52. The molecule has 1 aromatic rings. The van der Waals surface area contributed by atoms with Crippen LogP contribution in [-0.4, -0.2) is 56.5 Å². The summed E-state index contributed by atoms with van der Waals surface area (Å²) in [6.07, 6.45) is 0. The SMILES string of the molecule is CCNC(=S)NC[C@@H](c1ccc(OC)cc1)N1CCOCC1. The molecule has 1 fully saturated rings. The first-order valence-corrected chi connectivity index (χ1v) is 8.13. The van der Waals surface area contributed by atoms with E-state index in [2.05, 4.69) is 27.7 Å². The van der Waals surface area contributed by atoms with Gasteiger partial charge in [-0.3, -0.25) is 4.90 Å². The molecule has 1 aromatic carbocycles. The van der Waals surface area contributed by atoms with E-state index in [-0.39, 0.29) is 6.04 Å². The summed E-state index contributed by atoms with van der Waals surface area (Å²) in [7, 11) is 1.69. The number of thiocarbonyl (C=S) groups is 1. The summed E-state index contributed by atoms with van der Waals surface area (Å²) in [5, 5.41) is 7.15. The topological polar surface area (TPSA) is 45.8 Å². The molecule has 0 aromatic heterocycles. The van der Waals surface area contributed by atoms with E-state index in [0.29, 0.717) is 5.11 Å². The number of hydrogen-bond acceptors (Lipinski definition) is 4. The van der Waals surface area contributed by atoms with Gasteiger partial charge in [0.15, 0.2) is 5.11 Å². The lowest BCUT2D eigenvalue weighted by molar-refractivity contribution is 0.0170. The third kappa shape index (κ3) is 4.83. The summed E-state index contributed by atoms with van der Waals surface area (Å²) < 4.78 is 10.7. The van der Waals surface area contributed by atoms with E-state index in [1.165, 1.54) is 5.56 Å². The Kier molecular flexibility index (Phi) is 6.89. The highest BCUT2D eigenvalue weighted by atomic mass is 32.1. The van der Waals surface area contributed by atoms with E-state index < -0.39 is 0 Å². The molecule has 0 unspecified atom stereocenters. The summed E-state index contributed by atoms with van der Waals surface area (Å²) >= 11 is 5.28. The van der Waals surface area contributed by atoms with Gasteiger partial charge in [0.2, 0.25) is 0 Å². The van der Waals surface area contributed by atoms with Crippen molar-refractivity contribution < 1.29 is 9.47 Å². The van der Waals surface area contributed by atoms with Gasteiger partial charge in [0.05, 0.1) is 26.4 Å². The Balaban J connectivity index is 2.07. The average Bonchev–Trinajstić information content (AvgIpc) is 2.57. The maximum Gasteiger partial charge on any atom is 0.166 e. The first-order chi connectivity index (χ1) is 10.7. The Morgan fingerprint density at radius 3 is 2.55 bits per heavy atom. The van der Waals surface area contributed by atoms with Gasteiger partial charge in [-0.2, -0.15) is 0 Å². The van der Waals surface area contributed by atoms with Crippen LogP contribution in [0.4, 0.5) is 0 Å². The number of methoxy groups -OCH3 is 1. The minimum Gasteiger partial charge on any atom is -0.497 e. The van der Waals surface area contributed by atoms with Crippen LogP contribution in [0.5, 0.6) is 5.75 Å². The number of rotatable bonds is 6. The second-order valence-corrected chi connectivity index (χ2v) is 5.59. The third-order valence-electron chi connectivity index (χ3n) is 3.78. The highest BCUT2D eigenvalue weighted by molar-refractivity contribution is 7.80. The predicted molar refractivity (Wildman–Crippen MR) is 92.4 cm³/mol. The zero-order valence-corrected chi connectivity index (χ0v) is 14.1. The van der Waals surface area contributed by atoms with Crippen LogP contribution in [0.2, 0.25) is 0 Å². The lowest BCUT2D eigenvalue weighted by atomic mass is 10.0. The fourth-order valence-corrected chi connectivity index (χ4v) is 2.81. The molecule has 0 amide bonds. The van der Waals surface area contributed by atoms with E-state index in [4.69, 9.17) is 21.7 Å². The normalized spacial score (nSPS) is 16.8. The van der Waals surface area contributed by atoms with Crippen LogP contribution in [0.25, 0.3) is 0 Å². The van der Waals surface area contributed by atoms with Crippen LogP contribution >= 0.6 is 12.2 Å². The van der Waals surface area contributed by atoms with Crippen molar-refractivity contribution in [2.24, 2.45) is 0 Å². The second kappa shape index (κ2) is 8.92. The van der Waals surface area contributed by atoms with Crippen LogP contribution in [0, 0.1) is 0 Å². The second-order valence-electron chi connectivity index (χ2n) is 5.18. The highest BCUT2D eigenvalue weighted by Crippen LogP contribution is 2.23. The highest BCUT2D eigenvalue weighted by Gasteiger charge is 2.22. The molecule has 2 N–H and O–H groups in total. The van der Waals surface area contributed by atoms with E-state index in [9.17, 15) is 0 Å². The Hall–Kier alpha value is -1.37. The zero-order valence-electron chi connectivity index (χ0n) is 13.3. The molecule has 6 heteroatoms. The summed E-state index contributed by atoms with van der Waals surface area (Å²) in [6.45, 7) is 7.08. The van der Waals surface area contributed by atoms with Crippen molar-refractivity contribution in [2.75, 3.05) is 46.5 Å². The standard InChI is InChI=1S/C16H25N3O2S/c1-3-17-16(22)18-12-15(19-8-10-21-11-9-19)13-4-6-14(20-2)7-5-13/h4-7,15H,3,8-12H2,1-2H3,(H2,17,18,22)/t15-/m0/s1. The quantitative estimate of drug-likeness (QED) is 0.775. The third-order valence-corrected chi connectivity index (χ3v) is 4.07. The van der Waals surface area contributed by atoms with Gasteiger partial charge < -0.3 is 20.1 Å². The van der Waals surface area contributed by atoms with Gasteiger partial charge in [0.1, 0.15) is 5.75 Å². The molecule has 122 valence electrons. The molecule has 2 rings (SSSR count). The Morgan fingerprint density at radius 2 is 1.95 bits per heavy atom. The molecule has 0 spiro atoms. The minimum absolute atomic E-state index is 0.270. The number of ether oxygens (including phenoxy) is 2. The van der Waals surface area contributed by atoms with E-state index in [1.807, 2.05) is 19.1 Å². The number of morpholine rings is 1. The maximum absolute atomic E-state index is 5.47. The minimum atomic E-state index is 0.270. The first-order valence-electron chi connectivity index (χ1n) is 7.72. The van der Waals surface area contributed by atoms with Gasteiger partial charge in [0, 0.05) is 26.2 Å². The number of nitrogens with one attached hydrogen (secondary N) is 2. The predicted octanol–water partition coefficient (Wildman–Crippen LogP) is 1.55. The van der Waals surface area contributed by atoms with Crippen LogP contribution in [-0.2, 0) is 4.74 Å². The van der Waals surface area contributed by atoms with Crippen LogP contribution < -0.4 is 15.4 Å². The van der Waals surface area contributed by atoms with Crippen molar-refractivity contribution in [1.82, 2.24) is 15.5 Å². The van der Waals surface area contributed by atoms with Crippen molar-refractivity contribution in [1.29, 1.82) is 0 Å². The molecule has 1 aliphatic rings. The summed E-state index contributed by atoms with van der Waals surface area (Å²) in [4.78, 5) is 2.44. The van der Waals surface area contributed by atoms with E-state index in [0.717, 1.165) is 45.1 Å². The fraction of sp³-hybridized carbons (Fsp3) is 0.562. The Morgan fingerprint density at radius 1 is 1.27 bits per heavy atom. The van der Waals surface area contributed by atoms with Gasteiger partial charge in [-0.15, -0.1) is 0 Å². The molecule has 0 radical (unpaired) electrons. The number of hydrogen-bond donors (Lipinski definition) is 2. The van der Waals surface area contributed by atoms with Crippen molar-refractivity contribution >= 4 is 17.3 Å². The Labute approximate surface area is 138 Å². The van der Waals surface area contributed by atoms with Crippen molar-refractivity contribution in [3.05, 3.63) is 29.8 Å². The zero-order chi connectivity index (χ0) is 15.8. The maximum atomic E-state index is 5.47. The molecule has 0 aliphatic carbocycles. The lowest BCUT2D eigenvalue weighted by Crippen LogP contribution is -2.45. The largest absolute Gasteiger partial charge is 0.497 e. The number of benzene rings is 1. The van der Waals surface area contributed by atoms with Crippen molar-refractivity contribution in [3.8, 4) is 5.75 Å². The summed E-state index contributed by atoms with van der Waals surface area (Å²) in [5.74, 6) is 0.876. The molecule has 1 heterocycles. The molecule has 0 saturated carbocycles. The Bertz CT molecular complexity index is 461. The fourth-order valence-electron chi connectivity index (χ4n) is 2.59. The van der Waals surface area contributed by atoms with Gasteiger partial charge in [0.25, 0.3) is 0 Å². The lowest BCUT2D eigenvalue weighted by Gasteiger charge is -2.35. The van der Waals surface area contributed by atoms with Crippen LogP contribution in [0.1, 0.15) is 18.5 Å². The molecule has 1 aliphatic heterocycles. The van der Waals surface area contributed by atoms with E-state index >= 15 is 0 Å². The molecule has 22 heavy (non-hydrogen) atoms. The smallest absolute Gasteiger partial charge is 0.166 e. The molecular formula is C16H25N3O2S. The van der Waals surface area contributed by atoms with Crippen LogP contribution in [0.15, 0.2) is 24.3 Å². The van der Waals surface area contributed by atoms with Gasteiger partial charge in [-0.25, -0.2) is 0 Å². The summed E-state index contributed by atoms with van der Waals surface area (Å²) in [5.41, 5.74) is 1.26. The van der Waals surface area contributed by atoms with Gasteiger partial charge >= 0.3 is 0 Å². The van der Waals surface area contributed by atoms with E-state index in [1.54, 1.807) is 7.11 Å². The monoisotopic (exact) mass is 323 g/mol. The van der Waals surface area contributed by atoms with Crippen LogP contribution in [0.3, 0.4) is 0 Å². The first kappa shape index (κ1) is 17.0. The van der Waals surface area contributed by atoms with Crippen molar-refractivity contribution in [2.45, 2.75) is 13.0 Å². The average molecular weight is 323 g/mol. The molecule has 5 nitrogen and oxygen atoms in total. The number of nitrogens with zero attached hydrogens (tertiary/aromatic N) is 1. The molecule has 0 bridgehead atoms. The van der Waals surface area contributed by atoms with Gasteiger partial charge in [-0.1, -0.05) is 12.1 Å². The van der Waals surface area contributed by atoms with Gasteiger partial charge in [-0.05, 0) is 36.8 Å². The van der Waals surface area contributed by atoms with Crippen molar-refractivity contribution in [3.63, 3.8) is 0 Å². The molecular weight excluding hydrogens is 298 g/mol.